The third-order valence-electron chi connectivity index (χ3n) is 1.79. The summed E-state index contributed by atoms with van der Waals surface area (Å²) in [5, 5.41) is 14.6. The summed E-state index contributed by atoms with van der Waals surface area (Å²) in [5.41, 5.74) is 0. The average molecular weight is 225 g/mol. The van der Waals surface area contributed by atoms with Gasteiger partial charge in [0.15, 0.2) is 0 Å². The van der Waals surface area contributed by atoms with Crippen molar-refractivity contribution in [3.05, 3.63) is 5.01 Å². The summed E-state index contributed by atoms with van der Waals surface area (Å²) in [6, 6.07) is 0. The van der Waals surface area contributed by atoms with Crippen molar-refractivity contribution in [2.75, 3.05) is 18.0 Å². The van der Waals surface area contributed by atoms with Crippen molar-refractivity contribution in [1.82, 2.24) is 10.2 Å². The predicted molar refractivity (Wildman–Crippen MR) is 43.1 cm³/mol. The first-order valence-corrected chi connectivity index (χ1v) is 4.62. The van der Waals surface area contributed by atoms with Gasteiger partial charge in [0.05, 0.1) is 6.10 Å². The molecule has 8 heteroatoms. The number of hydrogen-bond acceptors (Lipinski definition) is 5. The highest BCUT2D eigenvalue weighted by Crippen LogP contribution is 2.35. The maximum absolute atomic E-state index is 12.1. The lowest BCUT2D eigenvalue weighted by atomic mass is 10.2. The summed E-state index contributed by atoms with van der Waals surface area (Å²) in [4.78, 5) is 1.55. The molecule has 14 heavy (non-hydrogen) atoms. The van der Waals surface area contributed by atoms with Crippen LogP contribution in [0.4, 0.5) is 18.3 Å². The van der Waals surface area contributed by atoms with Crippen LogP contribution < -0.4 is 4.90 Å². The first kappa shape index (κ1) is 9.66. The van der Waals surface area contributed by atoms with Gasteiger partial charge in [-0.05, 0) is 0 Å². The predicted octanol–water partition coefficient (Wildman–Crippen LogP) is 0.738. The van der Waals surface area contributed by atoms with Crippen LogP contribution in [0.5, 0.6) is 0 Å². The van der Waals surface area contributed by atoms with E-state index in [0.29, 0.717) is 24.4 Å². The topological polar surface area (TPSA) is 49.2 Å². The van der Waals surface area contributed by atoms with Crippen LogP contribution in [0, 0.1) is 0 Å². The quantitative estimate of drug-likeness (QED) is 0.765. The highest BCUT2D eigenvalue weighted by molar-refractivity contribution is 7.15. The normalized spacial score (nSPS) is 18.4. The van der Waals surface area contributed by atoms with E-state index in [1.165, 1.54) is 0 Å². The minimum Gasteiger partial charge on any atom is -0.389 e. The Morgan fingerprint density at radius 3 is 2.43 bits per heavy atom. The number of alkyl halides is 3. The van der Waals surface area contributed by atoms with Crippen LogP contribution >= 0.6 is 11.3 Å². The van der Waals surface area contributed by atoms with Gasteiger partial charge >= 0.3 is 6.18 Å². The van der Waals surface area contributed by atoms with Crippen LogP contribution in [0.15, 0.2) is 0 Å². The zero-order valence-corrected chi connectivity index (χ0v) is 7.64. The lowest BCUT2D eigenvalue weighted by Crippen LogP contribution is -2.50. The van der Waals surface area contributed by atoms with Crippen molar-refractivity contribution in [3.63, 3.8) is 0 Å². The number of β-amino-alcohol motifs (C(OH)–C–C–N with tert-alkyl or cyclic N) is 1. The largest absolute Gasteiger partial charge is 0.445 e. The van der Waals surface area contributed by atoms with Crippen LogP contribution in [-0.4, -0.2) is 34.5 Å². The molecule has 1 aromatic rings. The number of nitrogens with zero attached hydrogens (tertiary/aromatic N) is 3. The van der Waals surface area contributed by atoms with Crippen molar-refractivity contribution in [3.8, 4) is 0 Å². The van der Waals surface area contributed by atoms with E-state index in [1.54, 1.807) is 4.90 Å². The Labute approximate surface area is 81.0 Å². The summed E-state index contributed by atoms with van der Waals surface area (Å²) in [6.45, 7) is 0.652. The van der Waals surface area contributed by atoms with E-state index in [1.807, 2.05) is 0 Å². The minimum atomic E-state index is -4.43. The number of rotatable bonds is 1. The van der Waals surface area contributed by atoms with Gasteiger partial charge in [0.2, 0.25) is 10.1 Å². The molecule has 0 bridgehead atoms. The van der Waals surface area contributed by atoms with Crippen molar-refractivity contribution >= 4 is 16.5 Å². The molecule has 0 amide bonds. The van der Waals surface area contributed by atoms with Gasteiger partial charge in [-0.1, -0.05) is 11.3 Å². The fourth-order valence-electron chi connectivity index (χ4n) is 1.07. The number of halogens is 3. The third-order valence-corrected chi connectivity index (χ3v) is 2.82. The van der Waals surface area contributed by atoms with E-state index >= 15 is 0 Å². The minimum absolute atomic E-state index is 0.211. The Morgan fingerprint density at radius 1 is 1.36 bits per heavy atom. The van der Waals surface area contributed by atoms with Crippen LogP contribution in [-0.2, 0) is 6.18 Å². The average Bonchev–Trinajstić information content (AvgIpc) is 2.45. The van der Waals surface area contributed by atoms with Crippen molar-refractivity contribution in [2.45, 2.75) is 12.3 Å². The fourth-order valence-corrected chi connectivity index (χ4v) is 1.80. The number of hydrogen-bond donors (Lipinski definition) is 1. The van der Waals surface area contributed by atoms with Crippen molar-refractivity contribution < 1.29 is 18.3 Å². The molecule has 0 saturated carbocycles. The SMILES string of the molecule is OC1CN(c2nnc(C(F)(F)F)s2)C1. The molecule has 1 saturated heterocycles. The van der Waals surface area contributed by atoms with E-state index in [-0.39, 0.29) is 5.13 Å². The van der Waals surface area contributed by atoms with Crippen LogP contribution in [0.1, 0.15) is 5.01 Å². The summed E-state index contributed by atoms with van der Waals surface area (Å²) in [5.74, 6) is 0. The number of aliphatic hydroxyl groups is 1. The van der Waals surface area contributed by atoms with Gasteiger partial charge in [-0.2, -0.15) is 13.2 Å². The molecule has 1 fully saturated rings. The first-order chi connectivity index (χ1) is 6.47. The molecule has 0 radical (unpaired) electrons. The monoisotopic (exact) mass is 225 g/mol. The molecule has 4 nitrogen and oxygen atoms in total. The molecule has 1 aliphatic heterocycles. The molecule has 2 rings (SSSR count). The molecular formula is C6H6F3N3OS. The molecular weight excluding hydrogens is 219 g/mol. The lowest BCUT2D eigenvalue weighted by molar-refractivity contribution is -0.138. The Balaban J connectivity index is 2.11. The Morgan fingerprint density at radius 2 is 2.00 bits per heavy atom. The molecule has 0 unspecified atom stereocenters. The van der Waals surface area contributed by atoms with E-state index in [0.717, 1.165) is 0 Å². The number of anilines is 1. The van der Waals surface area contributed by atoms with E-state index in [4.69, 9.17) is 5.11 Å². The van der Waals surface area contributed by atoms with E-state index in [9.17, 15) is 13.2 Å². The van der Waals surface area contributed by atoms with Crippen LogP contribution in [0.2, 0.25) is 0 Å². The first-order valence-electron chi connectivity index (χ1n) is 3.80. The molecule has 1 aliphatic rings. The molecule has 0 atom stereocenters. The zero-order valence-electron chi connectivity index (χ0n) is 6.82. The van der Waals surface area contributed by atoms with Gasteiger partial charge in [-0.25, -0.2) is 0 Å². The maximum atomic E-state index is 12.1. The third kappa shape index (κ3) is 1.67. The lowest BCUT2D eigenvalue weighted by Gasteiger charge is -2.34. The molecule has 1 N–H and O–H groups in total. The smallest absolute Gasteiger partial charge is 0.389 e. The standard InChI is InChI=1S/C6H6F3N3OS/c7-6(8,9)4-10-11-5(14-4)12-1-3(13)2-12/h3,13H,1-2H2. The second-order valence-electron chi connectivity index (χ2n) is 2.95. The van der Waals surface area contributed by atoms with Gasteiger partial charge in [0, 0.05) is 13.1 Å². The summed E-state index contributed by atoms with van der Waals surface area (Å²) in [7, 11) is 0. The second-order valence-corrected chi connectivity index (χ2v) is 3.90. The van der Waals surface area contributed by atoms with E-state index in [2.05, 4.69) is 10.2 Å². The van der Waals surface area contributed by atoms with Gasteiger partial charge in [-0.15, -0.1) is 10.2 Å². The summed E-state index contributed by atoms with van der Waals surface area (Å²) < 4.78 is 36.3. The number of aromatic nitrogens is 2. The zero-order chi connectivity index (χ0) is 10.3. The summed E-state index contributed by atoms with van der Waals surface area (Å²) in [6.07, 6.45) is -4.90. The maximum Gasteiger partial charge on any atom is 0.445 e. The second kappa shape index (κ2) is 3.06. The highest BCUT2D eigenvalue weighted by atomic mass is 32.1. The molecule has 0 spiro atoms. The van der Waals surface area contributed by atoms with E-state index < -0.39 is 17.3 Å². The fraction of sp³-hybridized carbons (Fsp3) is 0.667. The van der Waals surface area contributed by atoms with Gasteiger partial charge < -0.3 is 10.0 Å². The Hall–Kier alpha value is -0.890. The van der Waals surface area contributed by atoms with Crippen molar-refractivity contribution in [2.24, 2.45) is 0 Å². The molecule has 0 aliphatic carbocycles. The molecule has 1 aromatic heterocycles. The molecule has 0 aromatic carbocycles. The molecule has 2 heterocycles. The Kier molecular flexibility index (Phi) is 2.11. The van der Waals surface area contributed by atoms with Gasteiger partial charge in [0.1, 0.15) is 0 Å². The Bertz CT molecular complexity index is 333. The number of aliphatic hydroxyl groups excluding tert-OH is 1. The highest BCUT2D eigenvalue weighted by Gasteiger charge is 2.37. The summed E-state index contributed by atoms with van der Waals surface area (Å²) >= 11 is 0.493. The van der Waals surface area contributed by atoms with Crippen LogP contribution in [0.3, 0.4) is 0 Å². The molecule has 78 valence electrons. The van der Waals surface area contributed by atoms with Gasteiger partial charge in [0.25, 0.3) is 0 Å². The van der Waals surface area contributed by atoms with Crippen molar-refractivity contribution in [1.29, 1.82) is 0 Å². The van der Waals surface area contributed by atoms with Gasteiger partial charge in [-0.3, -0.25) is 0 Å². The van der Waals surface area contributed by atoms with Crippen LogP contribution in [0.25, 0.3) is 0 Å².